The third-order valence-corrected chi connectivity index (χ3v) is 2.57. The summed E-state index contributed by atoms with van der Waals surface area (Å²) in [6.07, 6.45) is -0.554. The van der Waals surface area contributed by atoms with Crippen molar-refractivity contribution in [1.82, 2.24) is 5.43 Å². The second-order valence-electron chi connectivity index (χ2n) is 4.20. The topological polar surface area (TPSA) is 61.4 Å². The highest BCUT2D eigenvalue weighted by Gasteiger charge is 2.13. The minimum Gasteiger partial charge on any atom is -0.392 e. The summed E-state index contributed by atoms with van der Waals surface area (Å²) in [5.41, 5.74) is 5.94. The largest absolute Gasteiger partial charge is 0.392 e. The summed E-state index contributed by atoms with van der Waals surface area (Å²) in [6, 6.07) is 7.00. The molecule has 3 N–H and O–H groups in total. The Balaban J connectivity index is 2.38. The third-order valence-electron chi connectivity index (χ3n) is 2.33. The zero-order valence-corrected chi connectivity index (χ0v) is 10.7. The second kappa shape index (κ2) is 6.47. The summed E-state index contributed by atoms with van der Waals surface area (Å²) >= 11 is 5.79. The molecule has 0 radical (unpaired) electrons. The molecule has 1 atom stereocenters. The van der Waals surface area contributed by atoms with Gasteiger partial charge in [-0.15, -0.1) is 0 Å². The lowest BCUT2D eigenvalue weighted by molar-refractivity contribution is -0.123. The van der Waals surface area contributed by atoms with Gasteiger partial charge in [0.25, 0.3) is 0 Å². The van der Waals surface area contributed by atoms with Crippen LogP contribution < -0.4 is 10.9 Å². The molecule has 0 aliphatic rings. The van der Waals surface area contributed by atoms with E-state index in [0.29, 0.717) is 10.7 Å². The standard InChI is InChI=1S/C12H17ClN2O2/c1-8(2)11(16)7-12(17)15-14-10-5-3-4-9(13)6-10/h3-6,8,11,14,16H,7H2,1-2H3,(H,15,17). The molecular weight excluding hydrogens is 240 g/mol. The Morgan fingerprint density at radius 2 is 2.18 bits per heavy atom. The Hall–Kier alpha value is -1.26. The van der Waals surface area contributed by atoms with E-state index in [-0.39, 0.29) is 18.2 Å². The number of aliphatic hydroxyl groups excluding tert-OH is 1. The van der Waals surface area contributed by atoms with E-state index in [1.807, 2.05) is 13.8 Å². The molecule has 1 aromatic carbocycles. The highest BCUT2D eigenvalue weighted by atomic mass is 35.5. The third kappa shape index (κ3) is 5.06. The second-order valence-corrected chi connectivity index (χ2v) is 4.64. The predicted molar refractivity (Wildman–Crippen MR) is 68.7 cm³/mol. The molecule has 1 rings (SSSR count). The van der Waals surface area contributed by atoms with Crippen molar-refractivity contribution >= 4 is 23.2 Å². The molecule has 1 aromatic rings. The fraction of sp³-hybridized carbons (Fsp3) is 0.417. The van der Waals surface area contributed by atoms with Crippen LogP contribution in [0.5, 0.6) is 0 Å². The predicted octanol–water partition coefficient (Wildman–Crippen LogP) is 2.19. The summed E-state index contributed by atoms with van der Waals surface area (Å²) in [6.45, 7) is 3.73. The Kier molecular flexibility index (Phi) is 5.25. The SMILES string of the molecule is CC(C)C(O)CC(=O)NNc1cccc(Cl)c1. The van der Waals surface area contributed by atoms with Gasteiger partial charge in [-0.05, 0) is 24.1 Å². The quantitative estimate of drug-likeness (QED) is 0.708. The van der Waals surface area contributed by atoms with Crippen LogP contribution in [0.15, 0.2) is 24.3 Å². The number of carbonyl (C=O) groups is 1. The van der Waals surface area contributed by atoms with E-state index in [4.69, 9.17) is 11.6 Å². The number of hydrogen-bond donors (Lipinski definition) is 3. The molecule has 5 heteroatoms. The van der Waals surface area contributed by atoms with Crippen LogP contribution in [0.25, 0.3) is 0 Å². The van der Waals surface area contributed by atoms with E-state index in [1.165, 1.54) is 0 Å². The fourth-order valence-electron chi connectivity index (χ4n) is 1.18. The van der Waals surface area contributed by atoms with Crippen molar-refractivity contribution in [2.75, 3.05) is 5.43 Å². The van der Waals surface area contributed by atoms with Gasteiger partial charge in [-0.3, -0.25) is 15.6 Å². The molecule has 1 amide bonds. The smallest absolute Gasteiger partial charge is 0.240 e. The Bertz CT molecular complexity index is 383. The van der Waals surface area contributed by atoms with Crippen LogP contribution in [0.2, 0.25) is 5.02 Å². The number of rotatable bonds is 5. The summed E-state index contributed by atoms with van der Waals surface area (Å²) in [5.74, 6) is -0.196. The van der Waals surface area contributed by atoms with Gasteiger partial charge in [-0.25, -0.2) is 0 Å². The lowest BCUT2D eigenvalue weighted by atomic mass is 10.0. The lowest BCUT2D eigenvalue weighted by Gasteiger charge is -2.14. The number of aliphatic hydroxyl groups is 1. The lowest BCUT2D eigenvalue weighted by Crippen LogP contribution is -2.33. The maximum absolute atomic E-state index is 11.4. The van der Waals surface area contributed by atoms with Crippen molar-refractivity contribution in [3.63, 3.8) is 0 Å². The van der Waals surface area contributed by atoms with Gasteiger partial charge in [-0.1, -0.05) is 31.5 Å². The Morgan fingerprint density at radius 3 is 2.76 bits per heavy atom. The molecule has 0 saturated heterocycles. The van der Waals surface area contributed by atoms with Crippen molar-refractivity contribution in [1.29, 1.82) is 0 Å². The van der Waals surface area contributed by atoms with E-state index in [2.05, 4.69) is 10.9 Å². The molecule has 0 bridgehead atoms. The zero-order chi connectivity index (χ0) is 12.8. The number of hydrazine groups is 1. The number of halogens is 1. The molecule has 0 heterocycles. The summed E-state index contributed by atoms with van der Waals surface area (Å²) in [7, 11) is 0. The van der Waals surface area contributed by atoms with Crippen LogP contribution in [0.1, 0.15) is 20.3 Å². The minimum absolute atomic E-state index is 0.0620. The van der Waals surface area contributed by atoms with Crippen LogP contribution >= 0.6 is 11.6 Å². The van der Waals surface area contributed by atoms with Crippen molar-refractivity contribution in [3.05, 3.63) is 29.3 Å². The first-order chi connectivity index (χ1) is 7.99. The van der Waals surface area contributed by atoms with Crippen molar-refractivity contribution in [2.24, 2.45) is 5.92 Å². The summed E-state index contributed by atoms with van der Waals surface area (Å²) in [4.78, 5) is 11.4. The first kappa shape index (κ1) is 13.8. The molecule has 0 aliphatic carbocycles. The minimum atomic E-state index is -0.629. The van der Waals surface area contributed by atoms with Gasteiger partial charge in [0.15, 0.2) is 0 Å². The molecule has 4 nitrogen and oxygen atoms in total. The summed E-state index contributed by atoms with van der Waals surface area (Å²) in [5, 5.41) is 10.1. The van der Waals surface area contributed by atoms with Crippen LogP contribution in [0.4, 0.5) is 5.69 Å². The molecule has 1 unspecified atom stereocenters. The zero-order valence-electron chi connectivity index (χ0n) is 9.90. The Morgan fingerprint density at radius 1 is 1.47 bits per heavy atom. The monoisotopic (exact) mass is 256 g/mol. The van der Waals surface area contributed by atoms with Crippen molar-refractivity contribution in [3.8, 4) is 0 Å². The van der Waals surface area contributed by atoms with Gasteiger partial charge in [0.1, 0.15) is 0 Å². The van der Waals surface area contributed by atoms with Gasteiger partial charge in [-0.2, -0.15) is 0 Å². The first-order valence-corrected chi connectivity index (χ1v) is 5.85. The highest BCUT2D eigenvalue weighted by Crippen LogP contribution is 2.14. The Labute approximate surface area is 106 Å². The van der Waals surface area contributed by atoms with E-state index in [1.54, 1.807) is 24.3 Å². The molecule has 0 spiro atoms. The van der Waals surface area contributed by atoms with Gasteiger partial charge >= 0.3 is 0 Å². The maximum atomic E-state index is 11.4. The van der Waals surface area contributed by atoms with E-state index >= 15 is 0 Å². The van der Waals surface area contributed by atoms with Crippen LogP contribution in [-0.4, -0.2) is 17.1 Å². The van der Waals surface area contributed by atoms with Crippen LogP contribution in [0, 0.1) is 5.92 Å². The number of benzene rings is 1. The van der Waals surface area contributed by atoms with E-state index in [0.717, 1.165) is 0 Å². The van der Waals surface area contributed by atoms with Crippen LogP contribution in [0.3, 0.4) is 0 Å². The first-order valence-electron chi connectivity index (χ1n) is 5.47. The fourth-order valence-corrected chi connectivity index (χ4v) is 1.38. The van der Waals surface area contributed by atoms with Crippen LogP contribution in [-0.2, 0) is 4.79 Å². The number of nitrogens with one attached hydrogen (secondary N) is 2. The molecular formula is C12H17ClN2O2. The number of carbonyl (C=O) groups excluding carboxylic acids is 1. The molecule has 0 fully saturated rings. The van der Waals surface area contributed by atoms with Crippen molar-refractivity contribution in [2.45, 2.75) is 26.4 Å². The molecule has 94 valence electrons. The van der Waals surface area contributed by atoms with Gasteiger partial charge in [0.2, 0.25) is 5.91 Å². The average Bonchev–Trinajstić information content (AvgIpc) is 2.26. The van der Waals surface area contributed by atoms with Gasteiger partial charge < -0.3 is 5.11 Å². The van der Waals surface area contributed by atoms with Crippen molar-refractivity contribution < 1.29 is 9.90 Å². The molecule has 17 heavy (non-hydrogen) atoms. The molecule has 0 aromatic heterocycles. The normalized spacial score (nSPS) is 12.3. The molecule has 0 saturated carbocycles. The number of anilines is 1. The summed E-state index contributed by atoms with van der Waals surface area (Å²) < 4.78 is 0. The van der Waals surface area contributed by atoms with Gasteiger partial charge in [0.05, 0.1) is 18.2 Å². The van der Waals surface area contributed by atoms with E-state index < -0.39 is 6.10 Å². The maximum Gasteiger partial charge on any atom is 0.240 e. The van der Waals surface area contributed by atoms with Gasteiger partial charge in [0, 0.05) is 5.02 Å². The highest BCUT2D eigenvalue weighted by molar-refractivity contribution is 6.30. The number of hydrogen-bond acceptors (Lipinski definition) is 3. The average molecular weight is 257 g/mol. The molecule has 0 aliphatic heterocycles. The van der Waals surface area contributed by atoms with E-state index in [9.17, 15) is 9.90 Å². The number of amides is 1.